The van der Waals surface area contributed by atoms with Gasteiger partial charge in [0.05, 0.1) is 12.2 Å². The van der Waals surface area contributed by atoms with Crippen LogP contribution in [0, 0.1) is 17.4 Å². The Balaban J connectivity index is 2.10. The minimum absolute atomic E-state index is 0.402. The molecule has 2 nitrogen and oxygen atoms in total. The number of benzene rings is 1. The summed E-state index contributed by atoms with van der Waals surface area (Å²) in [5, 5.41) is 0. The van der Waals surface area contributed by atoms with Crippen LogP contribution in [0.15, 0.2) is 12.1 Å². The highest BCUT2D eigenvalue weighted by Crippen LogP contribution is 2.22. The van der Waals surface area contributed by atoms with E-state index < -0.39 is 0 Å². The summed E-state index contributed by atoms with van der Waals surface area (Å²) >= 11 is 2.42. The number of halogens is 1. The van der Waals surface area contributed by atoms with Crippen LogP contribution in [0.25, 0.3) is 0 Å². The zero-order valence-electron chi connectivity index (χ0n) is 13.1. The fourth-order valence-electron chi connectivity index (χ4n) is 2.84. The van der Waals surface area contributed by atoms with E-state index in [0.29, 0.717) is 12.2 Å². The van der Waals surface area contributed by atoms with E-state index in [-0.39, 0.29) is 0 Å². The van der Waals surface area contributed by atoms with Crippen molar-refractivity contribution in [1.29, 1.82) is 0 Å². The molecule has 1 aromatic carbocycles. The van der Waals surface area contributed by atoms with Gasteiger partial charge in [-0.2, -0.15) is 0 Å². The van der Waals surface area contributed by atoms with Crippen molar-refractivity contribution in [2.75, 3.05) is 13.1 Å². The van der Waals surface area contributed by atoms with Crippen LogP contribution in [0.3, 0.4) is 0 Å². The topological polar surface area (TPSA) is 12.5 Å². The van der Waals surface area contributed by atoms with E-state index in [0.717, 1.165) is 32.5 Å². The largest absolute Gasteiger partial charge is 0.372 e. The van der Waals surface area contributed by atoms with Gasteiger partial charge in [-0.1, -0.05) is 19.9 Å². The van der Waals surface area contributed by atoms with E-state index in [4.69, 9.17) is 4.74 Å². The lowest BCUT2D eigenvalue weighted by Crippen LogP contribution is -2.46. The van der Waals surface area contributed by atoms with E-state index in [9.17, 15) is 0 Å². The van der Waals surface area contributed by atoms with Crippen LogP contribution in [0.1, 0.15) is 43.4 Å². The van der Waals surface area contributed by atoms with Gasteiger partial charge < -0.3 is 4.74 Å². The number of morpholine rings is 1. The molecule has 3 heteroatoms. The molecule has 0 spiro atoms. The molecule has 1 fully saturated rings. The average molecular weight is 387 g/mol. The van der Waals surface area contributed by atoms with Crippen molar-refractivity contribution < 1.29 is 4.74 Å². The maximum absolute atomic E-state index is 6.08. The standard InChI is InChI=1S/C17H26INO/c1-5-15-10-19(11-16(6-2)20-15)9-14-7-13(4)17(18)8-12(14)3/h7-8,15-16H,5-6,9-11H2,1-4H3. The van der Waals surface area contributed by atoms with Crippen molar-refractivity contribution in [2.24, 2.45) is 0 Å². The third-order valence-corrected chi connectivity index (χ3v) is 5.39. The van der Waals surface area contributed by atoms with Crippen LogP contribution in [-0.4, -0.2) is 30.2 Å². The van der Waals surface area contributed by atoms with E-state index in [2.05, 4.69) is 67.3 Å². The van der Waals surface area contributed by atoms with Crippen molar-refractivity contribution >= 4 is 22.6 Å². The molecule has 2 rings (SSSR count). The maximum atomic E-state index is 6.08. The van der Waals surface area contributed by atoms with Crippen molar-refractivity contribution in [1.82, 2.24) is 4.90 Å². The van der Waals surface area contributed by atoms with E-state index in [1.165, 1.54) is 20.3 Å². The van der Waals surface area contributed by atoms with Crippen molar-refractivity contribution in [3.8, 4) is 0 Å². The molecule has 0 bridgehead atoms. The molecule has 0 aliphatic carbocycles. The Morgan fingerprint density at radius 3 is 2.25 bits per heavy atom. The molecule has 1 aromatic rings. The van der Waals surface area contributed by atoms with Crippen molar-refractivity contribution in [3.05, 3.63) is 32.4 Å². The lowest BCUT2D eigenvalue weighted by Gasteiger charge is -2.38. The van der Waals surface area contributed by atoms with Gasteiger partial charge >= 0.3 is 0 Å². The van der Waals surface area contributed by atoms with Crippen LogP contribution < -0.4 is 0 Å². The monoisotopic (exact) mass is 387 g/mol. The molecule has 1 aliphatic rings. The summed E-state index contributed by atoms with van der Waals surface area (Å²) in [6.45, 7) is 12.1. The van der Waals surface area contributed by atoms with Gasteiger partial charge in [-0.25, -0.2) is 0 Å². The number of ether oxygens (including phenoxy) is 1. The first-order valence-electron chi connectivity index (χ1n) is 7.66. The number of hydrogen-bond donors (Lipinski definition) is 0. The zero-order chi connectivity index (χ0) is 14.7. The second-order valence-electron chi connectivity index (χ2n) is 5.92. The summed E-state index contributed by atoms with van der Waals surface area (Å²) in [5.41, 5.74) is 4.26. The zero-order valence-corrected chi connectivity index (χ0v) is 15.2. The van der Waals surface area contributed by atoms with Gasteiger partial charge in [-0.05, 0) is 72.0 Å². The Kier molecular flexibility index (Phi) is 5.87. The molecule has 0 amide bonds. The normalized spacial score (nSPS) is 24.1. The summed E-state index contributed by atoms with van der Waals surface area (Å²) in [7, 11) is 0. The molecule has 1 aliphatic heterocycles. The van der Waals surface area contributed by atoms with Gasteiger partial charge in [0.2, 0.25) is 0 Å². The summed E-state index contributed by atoms with van der Waals surface area (Å²) in [4.78, 5) is 2.57. The van der Waals surface area contributed by atoms with Gasteiger partial charge in [0, 0.05) is 23.2 Å². The Morgan fingerprint density at radius 2 is 1.70 bits per heavy atom. The predicted molar refractivity (Wildman–Crippen MR) is 93.2 cm³/mol. The molecule has 0 radical (unpaired) electrons. The molecular formula is C17H26INO. The van der Waals surface area contributed by atoms with Crippen LogP contribution in [-0.2, 0) is 11.3 Å². The Hall–Kier alpha value is -0.130. The summed E-state index contributed by atoms with van der Waals surface area (Å²) in [5.74, 6) is 0. The quantitative estimate of drug-likeness (QED) is 0.715. The maximum Gasteiger partial charge on any atom is 0.0703 e. The lowest BCUT2D eigenvalue weighted by atomic mass is 10.0. The van der Waals surface area contributed by atoms with E-state index >= 15 is 0 Å². The molecule has 0 saturated carbocycles. The SMILES string of the molecule is CCC1CN(Cc2cc(C)c(I)cc2C)CC(CC)O1. The third-order valence-electron chi connectivity index (χ3n) is 4.23. The molecule has 1 heterocycles. The van der Waals surface area contributed by atoms with Crippen molar-refractivity contribution in [2.45, 2.75) is 59.3 Å². The summed E-state index contributed by atoms with van der Waals surface area (Å²) < 4.78 is 7.45. The minimum Gasteiger partial charge on any atom is -0.372 e. The first kappa shape index (κ1) is 16.2. The molecule has 1 saturated heterocycles. The van der Waals surface area contributed by atoms with Gasteiger partial charge in [0.25, 0.3) is 0 Å². The van der Waals surface area contributed by atoms with Crippen molar-refractivity contribution in [3.63, 3.8) is 0 Å². The fourth-order valence-corrected chi connectivity index (χ4v) is 3.46. The van der Waals surface area contributed by atoms with E-state index in [1.807, 2.05) is 0 Å². The number of nitrogens with zero attached hydrogens (tertiary/aromatic N) is 1. The fraction of sp³-hybridized carbons (Fsp3) is 0.647. The Morgan fingerprint density at radius 1 is 1.10 bits per heavy atom. The molecular weight excluding hydrogens is 361 g/mol. The first-order valence-corrected chi connectivity index (χ1v) is 8.74. The van der Waals surface area contributed by atoms with Gasteiger partial charge in [-0.15, -0.1) is 0 Å². The van der Waals surface area contributed by atoms with Gasteiger partial charge in [-0.3, -0.25) is 4.90 Å². The van der Waals surface area contributed by atoms with Gasteiger partial charge in [0.15, 0.2) is 0 Å². The van der Waals surface area contributed by atoms with Crippen LogP contribution in [0.2, 0.25) is 0 Å². The predicted octanol–water partition coefficient (Wildman–Crippen LogP) is 4.30. The Bertz CT molecular complexity index is 449. The smallest absolute Gasteiger partial charge is 0.0703 e. The minimum atomic E-state index is 0.402. The molecule has 2 unspecified atom stereocenters. The number of rotatable bonds is 4. The van der Waals surface area contributed by atoms with Crippen LogP contribution in [0.5, 0.6) is 0 Å². The van der Waals surface area contributed by atoms with Crippen LogP contribution >= 0.6 is 22.6 Å². The lowest BCUT2D eigenvalue weighted by molar-refractivity contribution is -0.0893. The molecule has 2 atom stereocenters. The van der Waals surface area contributed by atoms with E-state index in [1.54, 1.807) is 0 Å². The molecule has 112 valence electrons. The summed E-state index contributed by atoms with van der Waals surface area (Å²) in [6.07, 6.45) is 3.02. The number of aryl methyl sites for hydroxylation is 2. The number of hydrogen-bond acceptors (Lipinski definition) is 2. The van der Waals surface area contributed by atoms with Gasteiger partial charge in [0.1, 0.15) is 0 Å². The second-order valence-corrected chi connectivity index (χ2v) is 7.08. The summed E-state index contributed by atoms with van der Waals surface area (Å²) in [6, 6.07) is 4.66. The highest BCUT2D eigenvalue weighted by molar-refractivity contribution is 14.1. The third kappa shape index (κ3) is 3.95. The molecule has 0 N–H and O–H groups in total. The first-order chi connectivity index (χ1) is 9.53. The highest BCUT2D eigenvalue weighted by atomic mass is 127. The second kappa shape index (κ2) is 7.23. The highest BCUT2D eigenvalue weighted by Gasteiger charge is 2.25. The van der Waals surface area contributed by atoms with Crippen LogP contribution in [0.4, 0.5) is 0 Å². The Labute approximate surface area is 137 Å². The average Bonchev–Trinajstić information content (AvgIpc) is 2.44. The molecule has 0 aromatic heterocycles. The molecule has 20 heavy (non-hydrogen) atoms.